The van der Waals surface area contributed by atoms with Crippen molar-refractivity contribution < 1.29 is 14.3 Å². The predicted molar refractivity (Wildman–Crippen MR) is 92.3 cm³/mol. The van der Waals surface area contributed by atoms with Gasteiger partial charge in [-0.25, -0.2) is 0 Å². The molecule has 1 aliphatic heterocycles. The van der Waals surface area contributed by atoms with E-state index in [2.05, 4.69) is 15.4 Å². The zero-order valence-electron chi connectivity index (χ0n) is 13.6. The number of pyridine rings is 1. The molecule has 0 radical (unpaired) electrons. The van der Waals surface area contributed by atoms with E-state index in [0.29, 0.717) is 25.6 Å². The lowest BCUT2D eigenvalue weighted by Gasteiger charge is -2.21. The van der Waals surface area contributed by atoms with Crippen molar-refractivity contribution in [3.63, 3.8) is 0 Å². The summed E-state index contributed by atoms with van der Waals surface area (Å²) in [5.74, 6) is 0.254. The van der Waals surface area contributed by atoms with Crippen LogP contribution in [0.1, 0.15) is 5.56 Å². The largest absolute Gasteiger partial charge is 0.376 e. The zero-order chi connectivity index (χ0) is 17.1. The van der Waals surface area contributed by atoms with E-state index >= 15 is 0 Å². The molecule has 1 saturated heterocycles. The summed E-state index contributed by atoms with van der Waals surface area (Å²) in [6, 6.07) is 11.8. The number of carbonyl (C=O) groups is 1. The summed E-state index contributed by atoms with van der Waals surface area (Å²) in [4.78, 5) is 16.6. The molecule has 1 fully saturated rings. The maximum atomic E-state index is 12.1. The van der Waals surface area contributed by atoms with Gasteiger partial charge in [-0.2, -0.15) is 5.10 Å². The number of benzene rings is 1. The molecule has 1 N–H and O–H groups in total. The molecule has 0 spiro atoms. The summed E-state index contributed by atoms with van der Waals surface area (Å²) in [6.45, 7) is 1.81. The number of carbonyl (C=O) groups excluding carboxylic acids is 1. The molecule has 2 aromatic heterocycles. The highest BCUT2D eigenvalue weighted by atomic mass is 16.6. The molecule has 1 aromatic carbocycles. The van der Waals surface area contributed by atoms with Crippen molar-refractivity contribution in [2.45, 2.75) is 12.6 Å². The number of ether oxygens (including phenoxy) is 2. The van der Waals surface area contributed by atoms with Gasteiger partial charge >= 0.3 is 0 Å². The van der Waals surface area contributed by atoms with Gasteiger partial charge in [-0.15, -0.1) is 0 Å². The van der Waals surface area contributed by atoms with Gasteiger partial charge in [0.15, 0.2) is 11.9 Å². The van der Waals surface area contributed by atoms with Gasteiger partial charge in [-0.05, 0) is 11.6 Å². The quantitative estimate of drug-likeness (QED) is 0.785. The molecule has 128 valence electrons. The van der Waals surface area contributed by atoms with Crippen LogP contribution in [-0.2, 0) is 20.8 Å². The van der Waals surface area contributed by atoms with E-state index in [1.807, 2.05) is 36.5 Å². The van der Waals surface area contributed by atoms with Crippen molar-refractivity contribution in [2.24, 2.45) is 0 Å². The first-order valence-corrected chi connectivity index (χ1v) is 8.16. The van der Waals surface area contributed by atoms with Crippen LogP contribution in [0.15, 0.2) is 48.8 Å². The lowest BCUT2D eigenvalue weighted by atomic mass is 10.1. The highest BCUT2D eigenvalue weighted by Crippen LogP contribution is 2.17. The van der Waals surface area contributed by atoms with Crippen molar-refractivity contribution in [1.82, 2.24) is 14.8 Å². The van der Waals surface area contributed by atoms with E-state index in [0.717, 1.165) is 16.5 Å². The van der Waals surface area contributed by atoms with E-state index < -0.39 is 6.10 Å². The summed E-state index contributed by atoms with van der Waals surface area (Å²) < 4.78 is 12.4. The number of nitrogens with one attached hydrogen (secondary N) is 1. The van der Waals surface area contributed by atoms with Crippen molar-refractivity contribution >= 4 is 22.6 Å². The smallest absolute Gasteiger partial charge is 0.257 e. The minimum atomic E-state index is -0.582. The van der Waals surface area contributed by atoms with Crippen LogP contribution in [0.3, 0.4) is 0 Å². The number of fused-ring (bicyclic) bond motifs is 1. The molecule has 0 aliphatic carbocycles. The van der Waals surface area contributed by atoms with E-state index in [-0.39, 0.29) is 12.5 Å². The van der Waals surface area contributed by atoms with Crippen LogP contribution in [-0.4, -0.2) is 46.6 Å². The lowest BCUT2D eigenvalue weighted by Crippen LogP contribution is -2.39. The molecule has 0 saturated carbocycles. The Morgan fingerprint density at radius 1 is 1.24 bits per heavy atom. The van der Waals surface area contributed by atoms with Crippen molar-refractivity contribution in [2.75, 3.05) is 25.1 Å². The second kappa shape index (κ2) is 7.00. The van der Waals surface area contributed by atoms with Gasteiger partial charge in [-0.1, -0.05) is 24.3 Å². The fourth-order valence-corrected chi connectivity index (χ4v) is 2.83. The van der Waals surface area contributed by atoms with Crippen LogP contribution in [0.2, 0.25) is 0 Å². The molecular formula is C18H18N4O3. The standard InChI is InChI=1S/C18H18N4O3/c23-18(15-12-24-9-10-25-15)20-16-6-8-22(21-16)11-14-4-1-3-13-5-2-7-19-17(13)14/h1-8,15H,9-12H2,(H,20,21,23). The van der Waals surface area contributed by atoms with Crippen LogP contribution in [0.25, 0.3) is 10.9 Å². The maximum Gasteiger partial charge on any atom is 0.257 e. The average Bonchev–Trinajstić information content (AvgIpc) is 3.09. The summed E-state index contributed by atoms with van der Waals surface area (Å²) in [5, 5.41) is 8.26. The molecule has 1 aliphatic rings. The van der Waals surface area contributed by atoms with Crippen LogP contribution in [0.5, 0.6) is 0 Å². The topological polar surface area (TPSA) is 78.3 Å². The number of para-hydroxylation sites is 1. The number of aromatic nitrogens is 3. The molecule has 1 atom stereocenters. The van der Waals surface area contributed by atoms with Gasteiger partial charge in [0.25, 0.3) is 5.91 Å². The van der Waals surface area contributed by atoms with Crippen LogP contribution in [0, 0.1) is 0 Å². The summed E-state index contributed by atoms with van der Waals surface area (Å²) in [7, 11) is 0. The van der Waals surface area contributed by atoms with E-state index in [9.17, 15) is 4.79 Å². The van der Waals surface area contributed by atoms with Crippen molar-refractivity contribution in [1.29, 1.82) is 0 Å². The number of nitrogens with zero attached hydrogens (tertiary/aromatic N) is 3. The first-order valence-electron chi connectivity index (χ1n) is 8.16. The first-order chi connectivity index (χ1) is 12.3. The minimum Gasteiger partial charge on any atom is -0.376 e. The molecule has 3 heterocycles. The van der Waals surface area contributed by atoms with Crippen molar-refractivity contribution in [3.05, 3.63) is 54.4 Å². The Kier molecular flexibility index (Phi) is 4.41. The van der Waals surface area contributed by atoms with Crippen LogP contribution in [0.4, 0.5) is 5.82 Å². The molecule has 25 heavy (non-hydrogen) atoms. The van der Waals surface area contributed by atoms with Crippen molar-refractivity contribution in [3.8, 4) is 0 Å². The van der Waals surface area contributed by atoms with Crippen LogP contribution < -0.4 is 5.32 Å². The Hall–Kier alpha value is -2.77. The van der Waals surface area contributed by atoms with Gasteiger partial charge in [0, 0.05) is 23.8 Å². The van der Waals surface area contributed by atoms with E-state index in [1.54, 1.807) is 16.9 Å². The third-order valence-corrected chi connectivity index (χ3v) is 4.05. The van der Waals surface area contributed by atoms with Gasteiger partial charge in [0.2, 0.25) is 0 Å². The predicted octanol–water partition coefficient (Wildman–Crippen LogP) is 1.83. The van der Waals surface area contributed by atoms with E-state index in [4.69, 9.17) is 9.47 Å². The molecule has 1 amide bonds. The molecule has 7 nitrogen and oxygen atoms in total. The Bertz CT molecular complexity index is 881. The molecule has 7 heteroatoms. The fraction of sp³-hybridized carbons (Fsp3) is 0.278. The molecule has 0 bridgehead atoms. The van der Waals surface area contributed by atoms with E-state index in [1.165, 1.54) is 0 Å². The fourth-order valence-electron chi connectivity index (χ4n) is 2.83. The summed E-state index contributed by atoms with van der Waals surface area (Å²) >= 11 is 0. The average molecular weight is 338 g/mol. The molecular weight excluding hydrogens is 320 g/mol. The normalized spacial score (nSPS) is 17.5. The molecule has 4 rings (SSSR count). The van der Waals surface area contributed by atoms with Gasteiger partial charge in [-0.3, -0.25) is 14.5 Å². The van der Waals surface area contributed by atoms with Gasteiger partial charge < -0.3 is 14.8 Å². The zero-order valence-corrected chi connectivity index (χ0v) is 13.6. The summed E-state index contributed by atoms with van der Waals surface area (Å²) in [6.07, 6.45) is 3.03. The SMILES string of the molecule is O=C(Nc1ccn(Cc2cccc3cccnc23)n1)C1COCCO1. The lowest BCUT2D eigenvalue weighted by molar-refractivity contribution is -0.142. The minimum absolute atomic E-state index is 0.239. The molecule has 1 unspecified atom stereocenters. The highest BCUT2D eigenvalue weighted by molar-refractivity contribution is 5.93. The van der Waals surface area contributed by atoms with Gasteiger partial charge in [0.1, 0.15) is 0 Å². The first kappa shape index (κ1) is 15.7. The third-order valence-electron chi connectivity index (χ3n) is 4.05. The monoisotopic (exact) mass is 338 g/mol. The number of rotatable bonds is 4. The Morgan fingerprint density at radius 3 is 3.04 bits per heavy atom. The second-order valence-electron chi connectivity index (χ2n) is 5.81. The third kappa shape index (κ3) is 3.52. The Morgan fingerprint density at radius 2 is 2.16 bits per heavy atom. The number of anilines is 1. The Labute approximate surface area is 144 Å². The second-order valence-corrected chi connectivity index (χ2v) is 5.81. The highest BCUT2D eigenvalue weighted by Gasteiger charge is 2.23. The number of hydrogen-bond acceptors (Lipinski definition) is 5. The number of amides is 1. The summed E-state index contributed by atoms with van der Waals surface area (Å²) in [5.41, 5.74) is 2.03. The maximum absolute atomic E-state index is 12.1. The van der Waals surface area contributed by atoms with Gasteiger partial charge in [0.05, 0.1) is 31.9 Å². The number of hydrogen-bond donors (Lipinski definition) is 1. The molecule has 3 aromatic rings. The Balaban J connectivity index is 1.46. The van der Waals surface area contributed by atoms with Crippen LogP contribution >= 0.6 is 0 Å².